The second kappa shape index (κ2) is 6.10. The summed E-state index contributed by atoms with van der Waals surface area (Å²) in [7, 11) is 1.87. The summed E-state index contributed by atoms with van der Waals surface area (Å²) in [5, 5.41) is 3.35. The van der Waals surface area contributed by atoms with Gasteiger partial charge >= 0.3 is 0 Å². The Hall–Kier alpha value is -2.13. The van der Waals surface area contributed by atoms with Gasteiger partial charge in [-0.25, -0.2) is 0 Å². The molecule has 3 nitrogen and oxygen atoms in total. The number of hydrogen-bond donors (Lipinski definition) is 1. The van der Waals surface area contributed by atoms with E-state index in [1.807, 2.05) is 49.5 Å². The zero-order valence-electron chi connectivity index (χ0n) is 12.3. The van der Waals surface area contributed by atoms with E-state index in [9.17, 15) is 4.79 Å². The highest BCUT2D eigenvalue weighted by Crippen LogP contribution is 2.17. The van der Waals surface area contributed by atoms with E-state index in [1.165, 1.54) is 11.1 Å². The summed E-state index contributed by atoms with van der Waals surface area (Å²) in [6.45, 7) is 1.42. The third-order valence-electron chi connectivity index (χ3n) is 4.02. The molecule has 3 heteroatoms. The summed E-state index contributed by atoms with van der Waals surface area (Å²) < 4.78 is 0. The van der Waals surface area contributed by atoms with Crippen LogP contribution in [-0.2, 0) is 24.3 Å². The summed E-state index contributed by atoms with van der Waals surface area (Å²) in [4.78, 5) is 14.4. The van der Waals surface area contributed by atoms with Crippen molar-refractivity contribution in [3.63, 3.8) is 0 Å². The van der Waals surface area contributed by atoms with Crippen molar-refractivity contribution in [1.29, 1.82) is 0 Å². The van der Waals surface area contributed by atoms with E-state index in [2.05, 4.69) is 17.4 Å². The quantitative estimate of drug-likeness (QED) is 0.936. The highest BCUT2D eigenvalue weighted by molar-refractivity contribution is 5.82. The van der Waals surface area contributed by atoms with Crippen LogP contribution in [0.3, 0.4) is 0 Å². The average Bonchev–Trinajstić information content (AvgIpc) is 2.54. The summed E-state index contributed by atoms with van der Waals surface area (Å²) in [5.74, 6) is 0.161. The monoisotopic (exact) mass is 280 g/mol. The fourth-order valence-electron chi connectivity index (χ4n) is 2.83. The predicted octanol–water partition coefficient (Wildman–Crippen LogP) is 2.36. The molecule has 0 aromatic heterocycles. The van der Waals surface area contributed by atoms with Crippen molar-refractivity contribution in [2.75, 3.05) is 7.05 Å². The van der Waals surface area contributed by atoms with Crippen LogP contribution in [0.15, 0.2) is 54.6 Å². The lowest BCUT2D eigenvalue weighted by atomic mass is 9.95. The number of carbonyl (C=O) groups is 1. The summed E-state index contributed by atoms with van der Waals surface area (Å²) in [6, 6.07) is 18.3. The molecule has 2 aromatic rings. The molecule has 21 heavy (non-hydrogen) atoms. The number of rotatable bonds is 3. The Balaban J connectivity index is 1.66. The lowest BCUT2D eigenvalue weighted by molar-refractivity contribution is -0.132. The number of likely N-dealkylation sites (N-methyl/N-ethyl adjacent to an activating group) is 1. The first-order valence-electron chi connectivity index (χ1n) is 7.33. The predicted molar refractivity (Wildman–Crippen MR) is 83.7 cm³/mol. The van der Waals surface area contributed by atoms with Gasteiger partial charge in [-0.3, -0.25) is 4.79 Å². The van der Waals surface area contributed by atoms with Gasteiger partial charge < -0.3 is 10.2 Å². The first-order valence-corrected chi connectivity index (χ1v) is 7.33. The Morgan fingerprint density at radius 2 is 1.76 bits per heavy atom. The number of nitrogens with one attached hydrogen (secondary N) is 1. The third kappa shape index (κ3) is 3.14. The molecule has 3 rings (SSSR count). The lowest BCUT2D eigenvalue weighted by Crippen LogP contribution is -2.48. The molecular weight excluding hydrogens is 260 g/mol. The Morgan fingerprint density at radius 3 is 2.52 bits per heavy atom. The van der Waals surface area contributed by atoms with Gasteiger partial charge in [0.15, 0.2) is 0 Å². The van der Waals surface area contributed by atoms with Gasteiger partial charge in [-0.05, 0) is 23.1 Å². The van der Waals surface area contributed by atoms with Gasteiger partial charge in [-0.2, -0.15) is 0 Å². The van der Waals surface area contributed by atoms with Gasteiger partial charge in [0.25, 0.3) is 0 Å². The van der Waals surface area contributed by atoms with Crippen molar-refractivity contribution in [1.82, 2.24) is 10.2 Å². The molecular formula is C18H20N2O. The molecule has 0 saturated carbocycles. The van der Waals surface area contributed by atoms with Crippen molar-refractivity contribution in [3.8, 4) is 0 Å². The maximum atomic E-state index is 12.6. The summed E-state index contributed by atoms with van der Waals surface area (Å²) >= 11 is 0. The van der Waals surface area contributed by atoms with E-state index in [1.54, 1.807) is 4.90 Å². The van der Waals surface area contributed by atoms with Crippen LogP contribution < -0.4 is 5.32 Å². The average molecular weight is 280 g/mol. The Bertz CT molecular complexity index is 624. The molecule has 108 valence electrons. The van der Waals surface area contributed by atoms with Crippen LogP contribution in [-0.4, -0.2) is 23.9 Å². The first-order chi connectivity index (χ1) is 10.2. The highest BCUT2D eigenvalue weighted by atomic mass is 16.2. The molecule has 0 fully saturated rings. The first kappa shape index (κ1) is 13.8. The molecule has 1 aliphatic rings. The number of fused-ring (bicyclic) bond motifs is 1. The molecule has 0 unspecified atom stereocenters. The SMILES string of the molecule is CN(Cc1ccccc1)C(=O)[C@H]1Cc2ccccc2CN1. The lowest BCUT2D eigenvalue weighted by Gasteiger charge is -2.29. The minimum Gasteiger partial charge on any atom is -0.340 e. The maximum Gasteiger partial charge on any atom is 0.240 e. The van der Waals surface area contributed by atoms with Crippen LogP contribution in [0.5, 0.6) is 0 Å². The fourth-order valence-corrected chi connectivity index (χ4v) is 2.83. The Morgan fingerprint density at radius 1 is 1.10 bits per heavy atom. The number of carbonyl (C=O) groups excluding carboxylic acids is 1. The number of amides is 1. The normalized spacial score (nSPS) is 17.1. The van der Waals surface area contributed by atoms with Gasteiger partial charge in [-0.15, -0.1) is 0 Å². The zero-order chi connectivity index (χ0) is 14.7. The van der Waals surface area contributed by atoms with Crippen molar-refractivity contribution in [2.24, 2.45) is 0 Å². The molecule has 0 spiro atoms. The second-order valence-electron chi connectivity index (χ2n) is 5.59. The molecule has 0 radical (unpaired) electrons. The van der Waals surface area contributed by atoms with Gasteiger partial charge in [0.05, 0.1) is 6.04 Å². The van der Waals surface area contributed by atoms with Crippen molar-refractivity contribution >= 4 is 5.91 Å². The maximum absolute atomic E-state index is 12.6. The minimum atomic E-state index is -0.117. The number of benzene rings is 2. The second-order valence-corrected chi connectivity index (χ2v) is 5.59. The van der Waals surface area contributed by atoms with E-state index < -0.39 is 0 Å². The summed E-state index contributed by atoms with van der Waals surface area (Å²) in [6.07, 6.45) is 0.772. The van der Waals surface area contributed by atoms with Crippen molar-refractivity contribution in [2.45, 2.75) is 25.6 Å². The summed E-state index contributed by atoms with van der Waals surface area (Å²) in [5.41, 5.74) is 3.74. The topological polar surface area (TPSA) is 32.3 Å². The van der Waals surface area contributed by atoms with E-state index in [0.29, 0.717) is 6.54 Å². The molecule has 1 heterocycles. The molecule has 0 saturated heterocycles. The number of nitrogens with zero attached hydrogens (tertiary/aromatic N) is 1. The molecule has 1 amide bonds. The van der Waals surface area contributed by atoms with Gasteiger partial charge in [0.1, 0.15) is 0 Å². The van der Waals surface area contributed by atoms with Crippen LogP contribution in [0, 0.1) is 0 Å². The fraction of sp³-hybridized carbons (Fsp3) is 0.278. The van der Waals surface area contributed by atoms with Gasteiger partial charge in [0.2, 0.25) is 5.91 Å². The van der Waals surface area contributed by atoms with E-state index in [4.69, 9.17) is 0 Å². The Labute approximate surface area is 125 Å². The van der Waals surface area contributed by atoms with Crippen LogP contribution >= 0.6 is 0 Å². The van der Waals surface area contributed by atoms with Gasteiger partial charge in [0, 0.05) is 20.1 Å². The van der Waals surface area contributed by atoms with Crippen LogP contribution in [0.1, 0.15) is 16.7 Å². The van der Waals surface area contributed by atoms with E-state index >= 15 is 0 Å². The van der Waals surface area contributed by atoms with E-state index in [0.717, 1.165) is 18.5 Å². The smallest absolute Gasteiger partial charge is 0.240 e. The zero-order valence-corrected chi connectivity index (χ0v) is 12.3. The molecule has 1 aliphatic heterocycles. The van der Waals surface area contributed by atoms with Crippen LogP contribution in [0.25, 0.3) is 0 Å². The third-order valence-corrected chi connectivity index (χ3v) is 4.02. The molecule has 1 N–H and O–H groups in total. The van der Waals surface area contributed by atoms with Crippen molar-refractivity contribution < 1.29 is 4.79 Å². The largest absolute Gasteiger partial charge is 0.340 e. The van der Waals surface area contributed by atoms with Crippen LogP contribution in [0.4, 0.5) is 0 Å². The standard InChI is InChI=1S/C18H20N2O/c1-20(13-14-7-3-2-4-8-14)18(21)17-11-15-9-5-6-10-16(15)12-19-17/h2-10,17,19H,11-13H2,1H3/t17-/m1/s1. The molecule has 0 aliphatic carbocycles. The highest BCUT2D eigenvalue weighted by Gasteiger charge is 2.26. The van der Waals surface area contributed by atoms with Crippen molar-refractivity contribution in [3.05, 3.63) is 71.3 Å². The number of hydrogen-bond acceptors (Lipinski definition) is 2. The minimum absolute atomic E-state index is 0.117. The van der Waals surface area contributed by atoms with E-state index in [-0.39, 0.29) is 11.9 Å². The molecule has 1 atom stereocenters. The molecule has 2 aromatic carbocycles. The van der Waals surface area contributed by atoms with Crippen LogP contribution in [0.2, 0.25) is 0 Å². The Kier molecular flexibility index (Phi) is 4.02. The van der Waals surface area contributed by atoms with Gasteiger partial charge in [-0.1, -0.05) is 54.6 Å². The molecule has 0 bridgehead atoms.